The quantitative estimate of drug-likeness (QED) is 0.769. The SMILES string of the molecule is CCC(c1ccc2c(c1)OCO2)P(=O)(OC)OC. The average Bonchev–Trinajstić information content (AvgIpc) is 2.86. The highest BCUT2D eigenvalue weighted by Crippen LogP contribution is 2.61. The molecule has 0 aliphatic carbocycles. The highest BCUT2D eigenvalue weighted by Gasteiger charge is 2.34. The molecular weight excluding hydrogens is 255 g/mol. The summed E-state index contributed by atoms with van der Waals surface area (Å²) in [5.41, 5.74) is 0.566. The van der Waals surface area contributed by atoms with Crippen molar-refractivity contribution in [1.82, 2.24) is 0 Å². The van der Waals surface area contributed by atoms with E-state index in [9.17, 15) is 4.57 Å². The van der Waals surface area contributed by atoms with Gasteiger partial charge < -0.3 is 18.5 Å². The summed E-state index contributed by atoms with van der Waals surface area (Å²) in [6.45, 7) is 2.17. The van der Waals surface area contributed by atoms with Gasteiger partial charge in [0.25, 0.3) is 0 Å². The minimum atomic E-state index is -3.13. The normalized spacial score (nSPS) is 15.7. The molecule has 1 aliphatic heterocycles. The van der Waals surface area contributed by atoms with E-state index in [0.29, 0.717) is 17.9 Å². The van der Waals surface area contributed by atoms with E-state index in [1.807, 2.05) is 25.1 Å². The molecule has 0 saturated heterocycles. The van der Waals surface area contributed by atoms with Crippen LogP contribution in [0.2, 0.25) is 0 Å². The van der Waals surface area contributed by atoms with Gasteiger partial charge in [0.1, 0.15) is 0 Å². The van der Waals surface area contributed by atoms with Crippen molar-refractivity contribution in [3.8, 4) is 11.5 Å². The molecule has 1 unspecified atom stereocenters. The monoisotopic (exact) mass is 272 g/mol. The number of hydrogen-bond acceptors (Lipinski definition) is 5. The van der Waals surface area contributed by atoms with Crippen LogP contribution in [0.1, 0.15) is 24.6 Å². The molecule has 1 aliphatic rings. The second-order valence-electron chi connectivity index (χ2n) is 3.94. The van der Waals surface area contributed by atoms with Crippen LogP contribution in [-0.2, 0) is 13.6 Å². The van der Waals surface area contributed by atoms with Crippen LogP contribution in [0.3, 0.4) is 0 Å². The maximum Gasteiger partial charge on any atom is 0.337 e. The smallest absolute Gasteiger partial charge is 0.337 e. The van der Waals surface area contributed by atoms with E-state index in [1.165, 1.54) is 14.2 Å². The summed E-state index contributed by atoms with van der Waals surface area (Å²) in [6, 6.07) is 5.52. The first-order chi connectivity index (χ1) is 8.64. The van der Waals surface area contributed by atoms with E-state index in [0.717, 1.165) is 5.56 Å². The molecule has 0 fully saturated rings. The molecule has 1 aromatic carbocycles. The largest absolute Gasteiger partial charge is 0.454 e. The van der Waals surface area contributed by atoms with Gasteiger partial charge >= 0.3 is 7.60 Å². The molecule has 100 valence electrons. The topological polar surface area (TPSA) is 54.0 Å². The first-order valence-corrected chi connectivity index (χ1v) is 7.36. The summed E-state index contributed by atoms with van der Waals surface area (Å²) in [5, 5.41) is 0. The molecule has 1 aromatic rings. The molecule has 6 heteroatoms. The van der Waals surface area contributed by atoms with Crippen molar-refractivity contribution in [3.63, 3.8) is 0 Å². The van der Waals surface area contributed by atoms with Gasteiger partial charge in [-0.3, -0.25) is 4.57 Å². The van der Waals surface area contributed by atoms with E-state index in [4.69, 9.17) is 18.5 Å². The van der Waals surface area contributed by atoms with Gasteiger partial charge in [-0.1, -0.05) is 13.0 Å². The number of hydrogen-bond donors (Lipinski definition) is 0. The number of benzene rings is 1. The molecule has 1 heterocycles. The van der Waals surface area contributed by atoms with E-state index >= 15 is 0 Å². The van der Waals surface area contributed by atoms with Gasteiger partial charge in [-0.15, -0.1) is 0 Å². The Morgan fingerprint density at radius 3 is 2.56 bits per heavy atom. The molecule has 18 heavy (non-hydrogen) atoms. The van der Waals surface area contributed by atoms with Crippen LogP contribution in [0.4, 0.5) is 0 Å². The molecule has 0 amide bonds. The summed E-state index contributed by atoms with van der Waals surface area (Å²) in [5.74, 6) is 1.38. The predicted molar refractivity (Wildman–Crippen MR) is 67.2 cm³/mol. The summed E-state index contributed by atoms with van der Waals surface area (Å²) in [7, 11) is -0.329. The number of fused-ring (bicyclic) bond motifs is 1. The molecule has 5 nitrogen and oxygen atoms in total. The van der Waals surface area contributed by atoms with Gasteiger partial charge in [-0.05, 0) is 24.1 Å². The summed E-state index contributed by atoms with van der Waals surface area (Å²) >= 11 is 0. The molecule has 0 bridgehead atoms. The van der Waals surface area contributed by atoms with Gasteiger partial charge in [0.05, 0.1) is 5.66 Å². The third kappa shape index (κ3) is 2.26. The van der Waals surface area contributed by atoms with Gasteiger partial charge in [-0.25, -0.2) is 0 Å². The molecule has 0 radical (unpaired) electrons. The van der Waals surface area contributed by atoms with Crippen LogP contribution in [0.15, 0.2) is 18.2 Å². The van der Waals surface area contributed by atoms with Crippen molar-refractivity contribution in [2.45, 2.75) is 19.0 Å². The third-order valence-corrected chi connectivity index (χ3v) is 5.50. The van der Waals surface area contributed by atoms with Crippen molar-refractivity contribution in [2.75, 3.05) is 21.0 Å². The van der Waals surface area contributed by atoms with Gasteiger partial charge in [0.2, 0.25) is 6.79 Å². The zero-order chi connectivity index (χ0) is 13.2. The van der Waals surface area contributed by atoms with Gasteiger partial charge in [0.15, 0.2) is 11.5 Å². The lowest BCUT2D eigenvalue weighted by Gasteiger charge is -2.23. The molecular formula is C12H17O5P. The number of ether oxygens (including phenoxy) is 2. The van der Waals surface area contributed by atoms with Gasteiger partial charge in [0, 0.05) is 14.2 Å². The predicted octanol–water partition coefficient (Wildman–Crippen LogP) is 3.35. The van der Waals surface area contributed by atoms with Crippen LogP contribution in [0, 0.1) is 0 Å². The minimum absolute atomic E-state index is 0.224. The van der Waals surface area contributed by atoms with Gasteiger partial charge in [-0.2, -0.15) is 0 Å². The van der Waals surface area contributed by atoms with Crippen molar-refractivity contribution < 1.29 is 23.1 Å². The zero-order valence-electron chi connectivity index (χ0n) is 10.7. The van der Waals surface area contributed by atoms with Crippen LogP contribution < -0.4 is 9.47 Å². The second-order valence-corrected chi connectivity index (χ2v) is 6.38. The first-order valence-electron chi connectivity index (χ1n) is 5.75. The standard InChI is InChI=1S/C12H17O5P/c1-4-12(18(13,14-2)15-3)9-5-6-10-11(7-9)17-8-16-10/h5-7,12H,4,8H2,1-3H3. The van der Waals surface area contributed by atoms with E-state index in [1.54, 1.807) is 0 Å². The maximum atomic E-state index is 12.5. The Bertz CT molecular complexity index is 466. The highest BCUT2D eigenvalue weighted by atomic mass is 31.2. The molecule has 0 N–H and O–H groups in total. The molecule has 0 saturated carbocycles. The lowest BCUT2D eigenvalue weighted by atomic mass is 10.1. The first kappa shape index (κ1) is 13.4. The molecule has 0 aromatic heterocycles. The van der Waals surface area contributed by atoms with Crippen LogP contribution in [0.25, 0.3) is 0 Å². The van der Waals surface area contributed by atoms with Crippen molar-refractivity contribution in [2.24, 2.45) is 0 Å². The Labute approximate surface area is 107 Å². The lowest BCUT2D eigenvalue weighted by molar-refractivity contribution is 0.174. The summed E-state index contributed by atoms with van der Waals surface area (Å²) < 4.78 is 33.2. The Morgan fingerprint density at radius 2 is 1.94 bits per heavy atom. The summed E-state index contributed by atoms with van der Waals surface area (Å²) in [4.78, 5) is 0. The zero-order valence-corrected chi connectivity index (χ0v) is 11.6. The Morgan fingerprint density at radius 1 is 1.28 bits per heavy atom. The molecule has 0 spiro atoms. The van der Waals surface area contributed by atoms with Crippen LogP contribution >= 0.6 is 7.60 Å². The summed E-state index contributed by atoms with van der Waals surface area (Å²) in [6.07, 6.45) is 0.651. The molecule has 2 rings (SSSR count). The highest BCUT2D eigenvalue weighted by molar-refractivity contribution is 7.54. The fourth-order valence-electron chi connectivity index (χ4n) is 2.09. The van der Waals surface area contributed by atoms with Crippen LogP contribution in [0.5, 0.6) is 11.5 Å². The van der Waals surface area contributed by atoms with Crippen molar-refractivity contribution in [1.29, 1.82) is 0 Å². The third-order valence-electron chi connectivity index (χ3n) is 3.06. The van der Waals surface area contributed by atoms with Crippen LogP contribution in [-0.4, -0.2) is 21.0 Å². The fourth-order valence-corrected chi connectivity index (χ4v) is 3.72. The van der Waals surface area contributed by atoms with E-state index in [-0.39, 0.29) is 12.5 Å². The second kappa shape index (κ2) is 5.31. The van der Waals surface area contributed by atoms with E-state index in [2.05, 4.69) is 0 Å². The maximum absolute atomic E-state index is 12.5. The van der Waals surface area contributed by atoms with Crippen molar-refractivity contribution >= 4 is 7.60 Å². The number of rotatable bonds is 5. The Kier molecular flexibility index (Phi) is 3.95. The fraction of sp³-hybridized carbons (Fsp3) is 0.500. The molecule has 1 atom stereocenters. The van der Waals surface area contributed by atoms with Crippen molar-refractivity contribution in [3.05, 3.63) is 23.8 Å². The average molecular weight is 272 g/mol. The Hall–Kier alpha value is -1.03. The Balaban J connectivity index is 2.36. The minimum Gasteiger partial charge on any atom is -0.454 e. The lowest BCUT2D eigenvalue weighted by Crippen LogP contribution is -2.02. The van der Waals surface area contributed by atoms with E-state index < -0.39 is 7.60 Å².